The van der Waals surface area contributed by atoms with Crippen LogP contribution in [0.1, 0.15) is 20.8 Å². The van der Waals surface area contributed by atoms with Gasteiger partial charge in [-0.15, -0.1) is 0 Å². The summed E-state index contributed by atoms with van der Waals surface area (Å²) in [6.45, 7) is 6.49. The minimum absolute atomic E-state index is 0.137. The molecule has 2 fully saturated rings. The van der Waals surface area contributed by atoms with Crippen LogP contribution in [0.25, 0.3) is 0 Å². The Morgan fingerprint density at radius 1 is 1.44 bits per heavy atom. The van der Waals surface area contributed by atoms with E-state index in [4.69, 9.17) is 9.47 Å². The van der Waals surface area contributed by atoms with Gasteiger partial charge in [0.2, 0.25) is 0 Å². The average Bonchev–Trinajstić information content (AvgIpc) is 2.69. The number of rotatable bonds is 1. The first kappa shape index (κ1) is 13.1. The summed E-state index contributed by atoms with van der Waals surface area (Å²) in [5.74, 6) is -1.03. The second-order valence-electron chi connectivity index (χ2n) is 6.03. The van der Waals surface area contributed by atoms with Gasteiger partial charge in [-0.2, -0.15) is 0 Å². The van der Waals surface area contributed by atoms with Crippen LogP contribution in [0.3, 0.4) is 0 Å². The smallest absolute Gasteiger partial charge is 0.410 e. The van der Waals surface area contributed by atoms with Crippen molar-refractivity contribution in [3.8, 4) is 0 Å². The van der Waals surface area contributed by atoms with Crippen molar-refractivity contribution in [3.63, 3.8) is 0 Å². The monoisotopic (exact) mass is 257 g/mol. The van der Waals surface area contributed by atoms with Gasteiger partial charge in [-0.1, -0.05) is 0 Å². The van der Waals surface area contributed by atoms with E-state index in [2.05, 4.69) is 0 Å². The third kappa shape index (κ3) is 2.16. The maximum absolute atomic E-state index is 11.9. The Bertz CT molecular complexity index is 375. The average molecular weight is 257 g/mol. The molecule has 6 heteroatoms. The first-order chi connectivity index (χ1) is 8.24. The molecule has 0 saturated carbocycles. The number of fused-ring (bicyclic) bond motifs is 1. The molecule has 1 amide bonds. The van der Waals surface area contributed by atoms with Crippen LogP contribution in [0.5, 0.6) is 0 Å². The third-order valence-corrected chi connectivity index (χ3v) is 3.45. The predicted octanol–water partition coefficient (Wildman–Crippen LogP) is 0.954. The van der Waals surface area contributed by atoms with Crippen LogP contribution in [0.15, 0.2) is 0 Å². The molecule has 0 radical (unpaired) electrons. The van der Waals surface area contributed by atoms with Crippen molar-refractivity contribution in [3.05, 3.63) is 0 Å². The summed E-state index contributed by atoms with van der Waals surface area (Å²) in [5, 5.41) is 9.35. The number of amides is 1. The molecule has 6 nitrogen and oxygen atoms in total. The van der Waals surface area contributed by atoms with Crippen molar-refractivity contribution in [2.75, 3.05) is 26.3 Å². The van der Waals surface area contributed by atoms with Gasteiger partial charge in [0.05, 0.1) is 13.2 Å². The summed E-state index contributed by atoms with van der Waals surface area (Å²) in [5.41, 5.74) is -1.52. The van der Waals surface area contributed by atoms with E-state index in [1.54, 1.807) is 20.8 Å². The van der Waals surface area contributed by atoms with E-state index in [0.717, 1.165) is 0 Å². The van der Waals surface area contributed by atoms with E-state index >= 15 is 0 Å². The van der Waals surface area contributed by atoms with Crippen molar-refractivity contribution >= 4 is 12.1 Å². The summed E-state index contributed by atoms with van der Waals surface area (Å²) >= 11 is 0. The molecular weight excluding hydrogens is 238 g/mol. The summed E-state index contributed by atoms with van der Waals surface area (Å²) in [6, 6.07) is 0. The lowest BCUT2D eigenvalue weighted by molar-refractivity contribution is -0.149. The molecule has 0 aromatic rings. The van der Waals surface area contributed by atoms with Crippen LogP contribution in [0.4, 0.5) is 4.79 Å². The maximum atomic E-state index is 11.9. The first-order valence-electron chi connectivity index (χ1n) is 6.04. The zero-order valence-electron chi connectivity index (χ0n) is 10.9. The summed E-state index contributed by atoms with van der Waals surface area (Å²) in [6.07, 6.45) is -0.447. The minimum atomic E-state index is -0.948. The highest BCUT2D eigenvalue weighted by molar-refractivity contribution is 5.79. The lowest BCUT2D eigenvalue weighted by Crippen LogP contribution is -2.41. The zero-order valence-corrected chi connectivity index (χ0v) is 10.9. The number of hydrogen-bond donors (Lipinski definition) is 1. The Morgan fingerprint density at radius 3 is 2.61 bits per heavy atom. The molecule has 18 heavy (non-hydrogen) atoms. The van der Waals surface area contributed by atoms with Crippen molar-refractivity contribution in [1.82, 2.24) is 4.90 Å². The number of carboxylic acid groups (broad SMARTS) is 1. The van der Waals surface area contributed by atoms with E-state index in [9.17, 15) is 14.7 Å². The predicted molar refractivity (Wildman–Crippen MR) is 62.2 cm³/mol. The van der Waals surface area contributed by atoms with Crippen molar-refractivity contribution in [2.24, 2.45) is 11.3 Å². The normalized spacial score (nSPS) is 31.3. The molecule has 2 saturated heterocycles. The molecule has 0 aliphatic carbocycles. The number of carboxylic acids is 1. The SMILES string of the molecule is CC(C)(C)OC(=O)N1CC2COCC2(C(=O)O)C1. The largest absolute Gasteiger partial charge is 0.481 e. The summed E-state index contributed by atoms with van der Waals surface area (Å²) < 4.78 is 10.5. The van der Waals surface area contributed by atoms with Gasteiger partial charge in [-0.3, -0.25) is 4.79 Å². The van der Waals surface area contributed by atoms with Crippen molar-refractivity contribution in [1.29, 1.82) is 0 Å². The molecular formula is C12H19NO5. The summed E-state index contributed by atoms with van der Waals surface area (Å²) in [7, 11) is 0. The number of hydrogen-bond acceptors (Lipinski definition) is 4. The molecule has 2 aliphatic heterocycles. The highest BCUT2D eigenvalue weighted by atomic mass is 16.6. The number of likely N-dealkylation sites (tertiary alicyclic amines) is 1. The Morgan fingerprint density at radius 2 is 2.11 bits per heavy atom. The van der Waals surface area contributed by atoms with Gasteiger partial charge in [-0.25, -0.2) is 4.79 Å². The lowest BCUT2D eigenvalue weighted by Gasteiger charge is -2.25. The number of aliphatic carboxylic acids is 1. The van der Waals surface area contributed by atoms with Gasteiger partial charge >= 0.3 is 12.1 Å². The number of nitrogens with zero attached hydrogens (tertiary/aromatic N) is 1. The molecule has 0 aromatic heterocycles. The third-order valence-electron chi connectivity index (χ3n) is 3.45. The Kier molecular flexibility index (Phi) is 3.01. The van der Waals surface area contributed by atoms with Crippen LogP contribution < -0.4 is 0 Å². The summed E-state index contributed by atoms with van der Waals surface area (Å²) in [4.78, 5) is 24.8. The van der Waals surface area contributed by atoms with Crippen LogP contribution in [0, 0.1) is 11.3 Å². The molecule has 2 unspecified atom stereocenters. The van der Waals surface area contributed by atoms with Crippen molar-refractivity contribution in [2.45, 2.75) is 26.4 Å². The highest BCUT2D eigenvalue weighted by Crippen LogP contribution is 2.41. The van der Waals surface area contributed by atoms with Gasteiger partial charge in [0, 0.05) is 19.0 Å². The quantitative estimate of drug-likeness (QED) is 0.757. The molecule has 2 rings (SSSR count). The molecule has 1 N–H and O–H groups in total. The zero-order chi connectivity index (χ0) is 13.6. The Balaban J connectivity index is 2.08. The van der Waals surface area contributed by atoms with Crippen molar-refractivity contribution < 1.29 is 24.2 Å². The van der Waals surface area contributed by atoms with E-state index in [0.29, 0.717) is 13.2 Å². The first-order valence-corrected chi connectivity index (χ1v) is 6.04. The molecule has 0 bridgehead atoms. The Hall–Kier alpha value is -1.30. The van der Waals surface area contributed by atoms with Gasteiger partial charge in [0.25, 0.3) is 0 Å². The maximum Gasteiger partial charge on any atom is 0.410 e. The van der Waals surface area contributed by atoms with Crippen LogP contribution >= 0.6 is 0 Å². The number of ether oxygens (including phenoxy) is 2. The topological polar surface area (TPSA) is 76.1 Å². The number of carbonyl (C=O) groups is 2. The Labute approximate surface area is 106 Å². The fourth-order valence-electron chi connectivity index (χ4n) is 2.50. The van der Waals surface area contributed by atoms with Gasteiger partial charge < -0.3 is 19.5 Å². The molecule has 0 aromatic carbocycles. The fourth-order valence-corrected chi connectivity index (χ4v) is 2.50. The van der Waals surface area contributed by atoms with E-state index in [-0.39, 0.29) is 19.1 Å². The molecule has 2 atom stereocenters. The van der Waals surface area contributed by atoms with Crippen LogP contribution in [0.2, 0.25) is 0 Å². The van der Waals surface area contributed by atoms with E-state index in [1.807, 2.05) is 0 Å². The molecule has 2 aliphatic rings. The van der Waals surface area contributed by atoms with Gasteiger partial charge in [0.15, 0.2) is 0 Å². The van der Waals surface area contributed by atoms with E-state index in [1.165, 1.54) is 4.90 Å². The second-order valence-corrected chi connectivity index (χ2v) is 6.03. The van der Waals surface area contributed by atoms with Crippen LogP contribution in [-0.4, -0.2) is 54.0 Å². The van der Waals surface area contributed by atoms with Crippen LogP contribution in [-0.2, 0) is 14.3 Å². The van der Waals surface area contributed by atoms with E-state index < -0.39 is 23.1 Å². The number of carbonyl (C=O) groups excluding carboxylic acids is 1. The molecule has 102 valence electrons. The second kappa shape index (κ2) is 4.12. The van der Waals surface area contributed by atoms with Gasteiger partial charge in [-0.05, 0) is 20.8 Å². The van der Waals surface area contributed by atoms with Gasteiger partial charge in [0.1, 0.15) is 11.0 Å². The molecule has 2 heterocycles. The lowest BCUT2D eigenvalue weighted by atomic mass is 9.81. The highest BCUT2D eigenvalue weighted by Gasteiger charge is 2.57. The minimum Gasteiger partial charge on any atom is -0.481 e. The molecule has 0 spiro atoms. The standard InChI is InChI=1S/C12H19NO5/c1-11(2,3)18-10(16)13-4-8-5-17-7-12(8,6-13)9(14)15/h8H,4-7H2,1-3H3,(H,14,15). The fraction of sp³-hybridized carbons (Fsp3) is 0.833.